The standard InChI is InChI=1S/C26H48N/c1-5-7-9-11-13-15-17-19-25-21-22-27(24(3)4)23-26(25)20-18-16-14-12-10-8-6-2/h21-24H,5-20H2,1-4H3/q+1. The lowest BCUT2D eigenvalue weighted by atomic mass is 9.97. The quantitative estimate of drug-likeness (QED) is 0.191. The molecule has 0 bridgehead atoms. The molecule has 0 aliphatic heterocycles. The number of aromatic nitrogens is 1. The fourth-order valence-electron chi connectivity index (χ4n) is 3.92. The van der Waals surface area contributed by atoms with Crippen LogP contribution in [0.1, 0.15) is 135 Å². The maximum Gasteiger partial charge on any atom is 0.172 e. The maximum atomic E-state index is 2.44. The Bertz CT molecular complexity index is 463. The van der Waals surface area contributed by atoms with Crippen molar-refractivity contribution in [3.8, 4) is 0 Å². The number of rotatable bonds is 17. The van der Waals surface area contributed by atoms with Gasteiger partial charge in [-0.15, -0.1) is 0 Å². The van der Waals surface area contributed by atoms with Crippen molar-refractivity contribution >= 4 is 0 Å². The normalized spacial score (nSPS) is 11.4. The van der Waals surface area contributed by atoms with E-state index < -0.39 is 0 Å². The first-order valence-electron chi connectivity index (χ1n) is 12.2. The Balaban J connectivity index is 2.41. The molecular formula is C26H48N+. The molecule has 156 valence electrons. The van der Waals surface area contributed by atoms with E-state index >= 15 is 0 Å². The number of aryl methyl sites for hydroxylation is 2. The molecule has 0 N–H and O–H groups in total. The summed E-state index contributed by atoms with van der Waals surface area (Å²) in [5, 5.41) is 0. The van der Waals surface area contributed by atoms with Crippen LogP contribution in [0.15, 0.2) is 18.5 Å². The summed E-state index contributed by atoms with van der Waals surface area (Å²) < 4.78 is 2.39. The summed E-state index contributed by atoms with van der Waals surface area (Å²) in [6.45, 7) is 9.17. The van der Waals surface area contributed by atoms with E-state index in [1.165, 1.54) is 103 Å². The van der Waals surface area contributed by atoms with E-state index in [2.05, 4.69) is 50.7 Å². The van der Waals surface area contributed by atoms with Gasteiger partial charge >= 0.3 is 0 Å². The Hall–Kier alpha value is -0.850. The molecule has 0 aliphatic carbocycles. The lowest BCUT2D eigenvalue weighted by Gasteiger charge is -2.10. The molecule has 1 aromatic heterocycles. The molecule has 27 heavy (non-hydrogen) atoms. The summed E-state index contributed by atoms with van der Waals surface area (Å²) in [4.78, 5) is 0. The van der Waals surface area contributed by atoms with Crippen LogP contribution >= 0.6 is 0 Å². The van der Waals surface area contributed by atoms with Crippen LogP contribution in [0.4, 0.5) is 0 Å². The van der Waals surface area contributed by atoms with Crippen LogP contribution in [0.5, 0.6) is 0 Å². The predicted octanol–water partition coefficient (Wildman–Crippen LogP) is 8.14. The maximum absolute atomic E-state index is 2.44. The van der Waals surface area contributed by atoms with Crippen molar-refractivity contribution in [3.63, 3.8) is 0 Å². The fraction of sp³-hybridized carbons (Fsp3) is 0.808. The Morgan fingerprint density at radius 2 is 1.07 bits per heavy atom. The Labute approximate surface area is 171 Å². The summed E-state index contributed by atoms with van der Waals surface area (Å²) in [6, 6.07) is 2.97. The van der Waals surface area contributed by atoms with Gasteiger partial charge in [-0.2, -0.15) is 0 Å². The van der Waals surface area contributed by atoms with Gasteiger partial charge in [0.15, 0.2) is 18.4 Å². The van der Waals surface area contributed by atoms with Gasteiger partial charge in [0.2, 0.25) is 0 Å². The first-order chi connectivity index (χ1) is 13.2. The average Bonchev–Trinajstić information content (AvgIpc) is 2.67. The molecule has 1 nitrogen and oxygen atoms in total. The van der Waals surface area contributed by atoms with Crippen LogP contribution in [-0.2, 0) is 12.8 Å². The fourth-order valence-corrected chi connectivity index (χ4v) is 3.92. The van der Waals surface area contributed by atoms with Gasteiger partial charge < -0.3 is 0 Å². The molecule has 0 atom stereocenters. The van der Waals surface area contributed by atoms with E-state index in [-0.39, 0.29) is 0 Å². The summed E-state index contributed by atoms with van der Waals surface area (Å²) in [7, 11) is 0. The van der Waals surface area contributed by atoms with E-state index in [0.29, 0.717) is 6.04 Å². The average molecular weight is 375 g/mol. The summed E-state index contributed by atoms with van der Waals surface area (Å²) >= 11 is 0. The number of hydrogen-bond acceptors (Lipinski definition) is 0. The highest BCUT2D eigenvalue weighted by atomic mass is 15.0. The molecule has 1 heterocycles. The largest absolute Gasteiger partial charge is 0.203 e. The summed E-state index contributed by atoms with van der Waals surface area (Å²) in [6.07, 6.45) is 26.9. The minimum Gasteiger partial charge on any atom is -0.203 e. The third-order valence-corrected chi connectivity index (χ3v) is 5.86. The number of nitrogens with zero attached hydrogens (tertiary/aromatic N) is 1. The second-order valence-electron chi connectivity index (χ2n) is 8.78. The third-order valence-electron chi connectivity index (χ3n) is 5.86. The molecule has 0 amide bonds. The molecule has 1 heteroatoms. The van der Waals surface area contributed by atoms with Crippen molar-refractivity contribution in [2.75, 3.05) is 0 Å². The van der Waals surface area contributed by atoms with Gasteiger partial charge in [-0.05, 0) is 45.1 Å². The summed E-state index contributed by atoms with van der Waals surface area (Å²) in [5.41, 5.74) is 3.23. The van der Waals surface area contributed by atoms with Crippen LogP contribution in [0.25, 0.3) is 0 Å². The lowest BCUT2D eigenvalue weighted by molar-refractivity contribution is -0.716. The zero-order chi connectivity index (χ0) is 19.7. The zero-order valence-corrected chi connectivity index (χ0v) is 19.1. The topological polar surface area (TPSA) is 3.88 Å². The van der Waals surface area contributed by atoms with Crippen LogP contribution in [0.3, 0.4) is 0 Å². The van der Waals surface area contributed by atoms with Crippen molar-refractivity contribution in [1.29, 1.82) is 0 Å². The lowest BCUT2D eigenvalue weighted by Crippen LogP contribution is -2.36. The van der Waals surface area contributed by atoms with Gasteiger partial charge in [-0.25, -0.2) is 4.57 Å². The number of hydrogen-bond donors (Lipinski definition) is 0. The van der Waals surface area contributed by atoms with Crippen LogP contribution in [0.2, 0.25) is 0 Å². The molecule has 0 saturated carbocycles. The number of unbranched alkanes of at least 4 members (excludes halogenated alkanes) is 12. The number of pyridine rings is 1. The Morgan fingerprint density at radius 3 is 1.56 bits per heavy atom. The smallest absolute Gasteiger partial charge is 0.172 e. The van der Waals surface area contributed by atoms with Crippen molar-refractivity contribution in [2.24, 2.45) is 0 Å². The van der Waals surface area contributed by atoms with E-state index in [4.69, 9.17) is 0 Å². The second-order valence-corrected chi connectivity index (χ2v) is 8.78. The Kier molecular flexibility index (Phi) is 14.5. The molecule has 0 saturated heterocycles. The Morgan fingerprint density at radius 1 is 0.630 bits per heavy atom. The monoisotopic (exact) mass is 374 g/mol. The van der Waals surface area contributed by atoms with Crippen molar-refractivity contribution in [2.45, 2.75) is 136 Å². The zero-order valence-electron chi connectivity index (χ0n) is 19.1. The first kappa shape index (κ1) is 24.2. The molecule has 0 fully saturated rings. The SMILES string of the molecule is CCCCCCCCCc1cc[n+](C(C)C)cc1CCCCCCCCC. The highest BCUT2D eigenvalue weighted by Gasteiger charge is 2.12. The van der Waals surface area contributed by atoms with Gasteiger partial charge in [-0.3, -0.25) is 0 Å². The minimum absolute atomic E-state index is 0.561. The van der Waals surface area contributed by atoms with Gasteiger partial charge in [0.25, 0.3) is 0 Å². The van der Waals surface area contributed by atoms with Gasteiger partial charge in [0, 0.05) is 11.6 Å². The highest BCUT2D eigenvalue weighted by molar-refractivity contribution is 5.21. The van der Waals surface area contributed by atoms with Gasteiger partial charge in [0.1, 0.15) is 0 Å². The van der Waals surface area contributed by atoms with Gasteiger partial charge in [0.05, 0.1) is 0 Å². The van der Waals surface area contributed by atoms with E-state index in [0.717, 1.165) is 0 Å². The van der Waals surface area contributed by atoms with E-state index in [1.807, 2.05) is 0 Å². The van der Waals surface area contributed by atoms with Crippen LogP contribution in [-0.4, -0.2) is 0 Å². The van der Waals surface area contributed by atoms with E-state index in [9.17, 15) is 0 Å². The highest BCUT2D eigenvalue weighted by Crippen LogP contribution is 2.17. The predicted molar refractivity (Wildman–Crippen MR) is 120 cm³/mol. The van der Waals surface area contributed by atoms with Crippen molar-refractivity contribution in [3.05, 3.63) is 29.6 Å². The molecule has 0 unspecified atom stereocenters. The minimum atomic E-state index is 0.561. The molecule has 0 spiro atoms. The molecular weight excluding hydrogens is 326 g/mol. The van der Waals surface area contributed by atoms with Crippen LogP contribution < -0.4 is 4.57 Å². The molecule has 0 aromatic carbocycles. The van der Waals surface area contributed by atoms with E-state index in [1.54, 1.807) is 11.1 Å². The molecule has 1 aromatic rings. The molecule has 0 aliphatic rings. The van der Waals surface area contributed by atoms with Gasteiger partial charge in [-0.1, -0.05) is 90.9 Å². The summed E-state index contributed by atoms with van der Waals surface area (Å²) in [5.74, 6) is 0. The molecule has 1 rings (SSSR count). The molecule has 0 radical (unpaired) electrons. The van der Waals surface area contributed by atoms with Crippen molar-refractivity contribution < 1.29 is 4.57 Å². The second kappa shape index (κ2) is 16.1. The first-order valence-corrected chi connectivity index (χ1v) is 12.2. The van der Waals surface area contributed by atoms with Crippen molar-refractivity contribution in [1.82, 2.24) is 0 Å². The van der Waals surface area contributed by atoms with Crippen LogP contribution in [0, 0.1) is 0 Å². The third kappa shape index (κ3) is 11.6.